The van der Waals surface area contributed by atoms with Crippen LogP contribution in [0.2, 0.25) is 0 Å². The second-order valence-electron chi connectivity index (χ2n) is 4.97. The van der Waals surface area contributed by atoms with E-state index in [0.717, 1.165) is 11.3 Å². The maximum Gasteiger partial charge on any atom is 0.264 e. The highest BCUT2D eigenvalue weighted by atomic mass is 32.2. The van der Waals surface area contributed by atoms with Gasteiger partial charge in [0.05, 0.1) is 4.90 Å². The summed E-state index contributed by atoms with van der Waals surface area (Å²) in [5.74, 6) is -0.888. The Morgan fingerprint density at radius 1 is 1.26 bits per heavy atom. The number of hydrogen-bond acceptors (Lipinski definition) is 4. The molecule has 0 radical (unpaired) electrons. The molecule has 0 aliphatic heterocycles. The van der Waals surface area contributed by atoms with Crippen molar-refractivity contribution in [3.63, 3.8) is 0 Å². The standard InChI is InChI=1S/C13H20N2O3S/c1-9(2)13(16)14-19(17,18)11-7-6-10(3)12(8-11)15(4)5/h6-9H,1-5H3,(H,14,16). The third-order valence-electron chi connectivity index (χ3n) is 2.73. The van der Waals surface area contributed by atoms with E-state index in [1.54, 1.807) is 26.0 Å². The molecule has 0 aliphatic rings. The number of nitrogens with zero attached hydrogens (tertiary/aromatic N) is 1. The molecule has 0 heterocycles. The van der Waals surface area contributed by atoms with Crippen molar-refractivity contribution in [3.8, 4) is 0 Å². The van der Waals surface area contributed by atoms with Gasteiger partial charge in [-0.25, -0.2) is 13.1 Å². The Hall–Kier alpha value is -1.56. The fourth-order valence-corrected chi connectivity index (χ4v) is 2.68. The number of carbonyl (C=O) groups excluding carboxylic acids is 1. The van der Waals surface area contributed by atoms with Crippen LogP contribution in [-0.2, 0) is 14.8 Å². The van der Waals surface area contributed by atoms with E-state index in [0.29, 0.717) is 0 Å². The summed E-state index contributed by atoms with van der Waals surface area (Å²) in [5.41, 5.74) is 1.78. The van der Waals surface area contributed by atoms with Gasteiger partial charge < -0.3 is 4.90 Å². The van der Waals surface area contributed by atoms with Gasteiger partial charge >= 0.3 is 0 Å². The van der Waals surface area contributed by atoms with Crippen LogP contribution in [0.5, 0.6) is 0 Å². The number of nitrogens with one attached hydrogen (secondary N) is 1. The van der Waals surface area contributed by atoms with Crippen molar-refractivity contribution in [2.45, 2.75) is 25.7 Å². The summed E-state index contributed by atoms with van der Waals surface area (Å²) in [6, 6.07) is 4.79. The summed E-state index contributed by atoms with van der Waals surface area (Å²) < 4.78 is 26.2. The summed E-state index contributed by atoms with van der Waals surface area (Å²) in [7, 11) is -0.126. The van der Waals surface area contributed by atoms with Gasteiger partial charge in [0.2, 0.25) is 5.91 Å². The SMILES string of the molecule is Cc1ccc(S(=O)(=O)NC(=O)C(C)C)cc1N(C)C. The molecule has 0 atom stereocenters. The van der Waals surface area contributed by atoms with Gasteiger partial charge in [-0.3, -0.25) is 4.79 Å². The molecular weight excluding hydrogens is 264 g/mol. The fourth-order valence-electron chi connectivity index (χ4n) is 1.55. The molecule has 5 nitrogen and oxygen atoms in total. The van der Waals surface area contributed by atoms with Crippen molar-refractivity contribution in [1.82, 2.24) is 4.72 Å². The Balaban J connectivity index is 3.16. The third-order valence-corrected chi connectivity index (χ3v) is 4.08. The lowest BCUT2D eigenvalue weighted by Gasteiger charge is -2.17. The van der Waals surface area contributed by atoms with Crippen LogP contribution in [0.1, 0.15) is 19.4 Å². The molecule has 106 valence electrons. The molecule has 0 aromatic heterocycles. The molecule has 1 amide bonds. The number of carbonyl (C=O) groups is 1. The summed E-state index contributed by atoms with van der Waals surface area (Å²) in [6.07, 6.45) is 0. The van der Waals surface area contributed by atoms with Crippen LogP contribution in [0.15, 0.2) is 23.1 Å². The van der Waals surface area contributed by atoms with Gasteiger partial charge in [-0.1, -0.05) is 19.9 Å². The van der Waals surface area contributed by atoms with Crippen LogP contribution >= 0.6 is 0 Å². The highest BCUT2D eigenvalue weighted by Crippen LogP contribution is 2.22. The zero-order valence-electron chi connectivity index (χ0n) is 11.9. The van der Waals surface area contributed by atoms with Crippen molar-refractivity contribution in [1.29, 1.82) is 0 Å². The smallest absolute Gasteiger partial charge is 0.264 e. The van der Waals surface area contributed by atoms with Gasteiger partial charge in [-0.2, -0.15) is 0 Å². The van der Waals surface area contributed by atoms with Crippen molar-refractivity contribution in [3.05, 3.63) is 23.8 Å². The highest BCUT2D eigenvalue weighted by molar-refractivity contribution is 7.90. The van der Waals surface area contributed by atoms with Crippen LogP contribution in [0.3, 0.4) is 0 Å². The average Bonchev–Trinajstić information content (AvgIpc) is 2.27. The Morgan fingerprint density at radius 3 is 2.32 bits per heavy atom. The summed E-state index contributed by atoms with van der Waals surface area (Å²) >= 11 is 0. The molecule has 1 rings (SSSR count). The van der Waals surface area contributed by atoms with Crippen LogP contribution in [0.4, 0.5) is 5.69 Å². The lowest BCUT2D eigenvalue weighted by atomic mass is 10.2. The first-order valence-corrected chi connectivity index (χ1v) is 7.48. The van der Waals surface area contributed by atoms with Gasteiger partial charge in [0.1, 0.15) is 0 Å². The minimum atomic E-state index is -3.80. The van der Waals surface area contributed by atoms with E-state index in [4.69, 9.17) is 0 Å². The quantitative estimate of drug-likeness (QED) is 0.910. The monoisotopic (exact) mass is 284 g/mol. The molecule has 19 heavy (non-hydrogen) atoms. The molecule has 0 bridgehead atoms. The Labute approximate surface area is 114 Å². The minimum Gasteiger partial charge on any atom is -0.377 e. The molecule has 0 unspecified atom stereocenters. The van der Waals surface area contributed by atoms with Gasteiger partial charge in [0.15, 0.2) is 0 Å². The second-order valence-corrected chi connectivity index (χ2v) is 6.65. The summed E-state index contributed by atoms with van der Waals surface area (Å²) in [5, 5.41) is 0. The van der Waals surface area contributed by atoms with Gasteiger partial charge in [0, 0.05) is 25.7 Å². The van der Waals surface area contributed by atoms with E-state index in [-0.39, 0.29) is 10.8 Å². The van der Waals surface area contributed by atoms with Gasteiger partial charge in [-0.15, -0.1) is 0 Å². The zero-order chi connectivity index (χ0) is 14.8. The van der Waals surface area contributed by atoms with Crippen molar-refractivity contribution in [2.24, 2.45) is 5.92 Å². The molecule has 1 aromatic carbocycles. The number of aryl methyl sites for hydroxylation is 1. The minimum absolute atomic E-state index is 0.0933. The van der Waals surface area contributed by atoms with Crippen LogP contribution in [0, 0.1) is 12.8 Å². The van der Waals surface area contributed by atoms with E-state index >= 15 is 0 Å². The first kappa shape index (κ1) is 15.5. The van der Waals surface area contributed by atoms with Gasteiger partial charge in [0.25, 0.3) is 10.0 Å². The third kappa shape index (κ3) is 3.70. The normalized spacial score (nSPS) is 11.5. The Bertz CT molecular complexity index is 578. The van der Waals surface area contributed by atoms with E-state index in [9.17, 15) is 13.2 Å². The largest absolute Gasteiger partial charge is 0.377 e. The highest BCUT2D eigenvalue weighted by Gasteiger charge is 2.20. The zero-order valence-corrected chi connectivity index (χ0v) is 12.7. The molecule has 6 heteroatoms. The van der Waals surface area contributed by atoms with Crippen molar-refractivity contribution in [2.75, 3.05) is 19.0 Å². The van der Waals surface area contributed by atoms with Crippen LogP contribution in [-0.4, -0.2) is 28.4 Å². The Kier molecular flexibility index (Phi) is 4.57. The number of rotatable bonds is 4. The molecule has 0 spiro atoms. The topological polar surface area (TPSA) is 66.5 Å². The first-order chi connectivity index (χ1) is 8.65. The van der Waals surface area contributed by atoms with Crippen molar-refractivity contribution < 1.29 is 13.2 Å². The van der Waals surface area contributed by atoms with E-state index in [2.05, 4.69) is 4.72 Å². The Morgan fingerprint density at radius 2 is 1.84 bits per heavy atom. The average molecular weight is 284 g/mol. The molecule has 0 fully saturated rings. The molecule has 0 aliphatic carbocycles. The van der Waals surface area contributed by atoms with E-state index in [1.165, 1.54) is 6.07 Å². The number of anilines is 1. The lowest BCUT2D eigenvalue weighted by Crippen LogP contribution is -2.33. The lowest BCUT2D eigenvalue weighted by molar-refractivity contribution is -0.122. The predicted octanol–water partition coefficient (Wildman–Crippen LogP) is 1.52. The van der Waals surface area contributed by atoms with Crippen LogP contribution < -0.4 is 9.62 Å². The molecule has 1 N–H and O–H groups in total. The fraction of sp³-hybridized carbons (Fsp3) is 0.462. The molecular formula is C13H20N2O3S. The number of hydrogen-bond donors (Lipinski definition) is 1. The number of benzene rings is 1. The maximum absolute atomic E-state index is 12.1. The predicted molar refractivity (Wildman–Crippen MR) is 75.7 cm³/mol. The van der Waals surface area contributed by atoms with E-state index < -0.39 is 15.9 Å². The van der Waals surface area contributed by atoms with Crippen LogP contribution in [0.25, 0.3) is 0 Å². The summed E-state index contributed by atoms with van der Waals surface area (Å²) in [6.45, 7) is 5.19. The maximum atomic E-state index is 12.1. The molecule has 1 aromatic rings. The summed E-state index contributed by atoms with van der Waals surface area (Å²) in [4.78, 5) is 13.4. The first-order valence-electron chi connectivity index (χ1n) is 6.00. The van der Waals surface area contributed by atoms with Gasteiger partial charge in [-0.05, 0) is 24.6 Å². The second kappa shape index (κ2) is 5.61. The molecule has 0 saturated carbocycles. The molecule has 0 saturated heterocycles. The van der Waals surface area contributed by atoms with Crippen molar-refractivity contribution >= 4 is 21.6 Å². The number of amides is 1. The number of sulfonamides is 1. The van der Waals surface area contributed by atoms with E-state index in [1.807, 2.05) is 25.9 Å².